The second-order valence-electron chi connectivity index (χ2n) is 4.30. The first-order chi connectivity index (χ1) is 10.1. The Kier molecular flexibility index (Phi) is 5.08. The number of carbonyl (C=O) groups excluding carboxylic acids is 2. The fourth-order valence-electron chi connectivity index (χ4n) is 1.58. The molecule has 0 heterocycles. The molecule has 1 aromatic rings. The molecule has 0 bridgehead atoms. The van der Waals surface area contributed by atoms with E-state index >= 15 is 0 Å². The first-order valence-corrected chi connectivity index (χ1v) is 5.83. The van der Waals surface area contributed by atoms with Crippen molar-refractivity contribution < 1.29 is 24.5 Å². The normalized spacial score (nSPS) is 10.3. The maximum atomic E-state index is 11.2. The average Bonchev–Trinajstić information content (AvgIpc) is 2.39. The predicted octanol–water partition coefficient (Wildman–Crippen LogP) is 0.672. The average molecular weight is 312 g/mol. The number of anilines is 1. The molecule has 0 saturated carbocycles. The molecule has 0 aliphatic carbocycles. The van der Waals surface area contributed by atoms with E-state index < -0.39 is 50.3 Å². The standard InChI is InChI=1S/C11H12N4O7/c1-5(16)10(6(2)17)13-12-8-3-7(14(19)20)4-9(11(8)18)15(21)22/h3-4,10,12-13,18H,1-2H3. The Morgan fingerprint density at radius 1 is 1.14 bits per heavy atom. The van der Waals surface area contributed by atoms with Crippen LogP contribution in [0.4, 0.5) is 17.1 Å². The number of ketones is 2. The molecule has 11 heteroatoms. The zero-order valence-corrected chi connectivity index (χ0v) is 11.5. The molecule has 0 unspecified atom stereocenters. The second kappa shape index (κ2) is 6.58. The third kappa shape index (κ3) is 3.73. The van der Waals surface area contributed by atoms with Crippen LogP contribution in [0.15, 0.2) is 12.1 Å². The summed E-state index contributed by atoms with van der Waals surface area (Å²) in [6.45, 7) is 2.27. The highest BCUT2D eigenvalue weighted by atomic mass is 16.6. The van der Waals surface area contributed by atoms with Crippen LogP contribution in [0, 0.1) is 20.2 Å². The van der Waals surface area contributed by atoms with Gasteiger partial charge >= 0.3 is 5.69 Å². The highest BCUT2D eigenvalue weighted by molar-refractivity contribution is 6.04. The number of hydrazine groups is 1. The summed E-state index contributed by atoms with van der Waals surface area (Å²) in [5, 5.41) is 31.2. The molecule has 0 aliphatic heterocycles. The number of benzene rings is 1. The van der Waals surface area contributed by atoms with E-state index in [0.717, 1.165) is 19.9 Å². The number of nitrogens with one attached hydrogen (secondary N) is 2. The molecule has 0 saturated heterocycles. The van der Waals surface area contributed by atoms with Gasteiger partial charge in [0, 0.05) is 6.07 Å². The lowest BCUT2D eigenvalue weighted by atomic mass is 10.1. The van der Waals surface area contributed by atoms with Gasteiger partial charge in [-0.05, 0) is 13.8 Å². The topological polar surface area (TPSA) is 165 Å². The molecule has 0 spiro atoms. The van der Waals surface area contributed by atoms with Gasteiger partial charge in [-0.3, -0.25) is 29.8 Å². The highest BCUT2D eigenvalue weighted by Gasteiger charge is 2.25. The van der Waals surface area contributed by atoms with Gasteiger partial charge in [-0.1, -0.05) is 0 Å². The number of rotatable bonds is 7. The van der Waals surface area contributed by atoms with Crippen LogP contribution in [-0.2, 0) is 9.59 Å². The number of phenols is 1. The summed E-state index contributed by atoms with van der Waals surface area (Å²) in [6, 6.07) is 0.151. The zero-order valence-electron chi connectivity index (χ0n) is 11.5. The van der Waals surface area contributed by atoms with Crippen LogP contribution in [0.25, 0.3) is 0 Å². The smallest absolute Gasteiger partial charge is 0.319 e. The Morgan fingerprint density at radius 2 is 1.68 bits per heavy atom. The lowest BCUT2D eigenvalue weighted by Crippen LogP contribution is -2.44. The van der Waals surface area contributed by atoms with E-state index in [1.807, 2.05) is 0 Å². The first-order valence-electron chi connectivity index (χ1n) is 5.83. The molecule has 118 valence electrons. The molecule has 11 nitrogen and oxygen atoms in total. The number of Topliss-reactive ketones (excluding diaryl/α,β-unsaturated/α-hetero) is 2. The van der Waals surface area contributed by atoms with Gasteiger partial charge in [0.15, 0.2) is 11.6 Å². The van der Waals surface area contributed by atoms with Crippen LogP contribution in [0.1, 0.15) is 13.8 Å². The second-order valence-corrected chi connectivity index (χ2v) is 4.30. The van der Waals surface area contributed by atoms with Crippen LogP contribution in [0.5, 0.6) is 5.75 Å². The largest absolute Gasteiger partial charge is 0.501 e. The number of phenolic OH excluding ortho intramolecular Hbond substituents is 1. The van der Waals surface area contributed by atoms with Crippen LogP contribution in [0.2, 0.25) is 0 Å². The van der Waals surface area contributed by atoms with Gasteiger partial charge in [0.25, 0.3) is 5.69 Å². The van der Waals surface area contributed by atoms with Gasteiger partial charge < -0.3 is 10.5 Å². The quantitative estimate of drug-likeness (QED) is 0.284. The molecule has 1 rings (SSSR count). The summed E-state index contributed by atoms with van der Waals surface area (Å²) in [5.74, 6) is -1.95. The maximum absolute atomic E-state index is 11.2. The minimum atomic E-state index is -1.27. The molecule has 0 amide bonds. The summed E-state index contributed by atoms with van der Waals surface area (Å²) in [6.07, 6.45) is 0. The molecule has 0 aliphatic rings. The third-order valence-electron chi connectivity index (χ3n) is 2.65. The molecule has 0 fully saturated rings. The van der Waals surface area contributed by atoms with Crippen molar-refractivity contribution >= 4 is 28.6 Å². The number of hydrogen-bond donors (Lipinski definition) is 3. The van der Waals surface area contributed by atoms with Crippen molar-refractivity contribution in [3.05, 3.63) is 32.4 Å². The van der Waals surface area contributed by atoms with Crippen molar-refractivity contribution in [1.29, 1.82) is 0 Å². The minimum absolute atomic E-state index is 0.409. The van der Waals surface area contributed by atoms with E-state index in [1.54, 1.807) is 0 Å². The van der Waals surface area contributed by atoms with E-state index in [-0.39, 0.29) is 0 Å². The SMILES string of the molecule is CC(=O)C(NNc1cc([N+](=O)[O-])cc([N+](=O)[O-])c1O)C(C)=O. The minimum Gasteiger partial charge on any atom is -0.501 e. The molecular formula is C11H12N4O7. The summed E-state index contributed by atoms with van der Waals surface area (Å²) < 4.78 is 0. The highest BCUT2D eigenvalue weighted by Crippen LogP contribution is 2.37. The predicted molar refractivity (Wildman–Crippen MR) is 73.3 cm³/mol. The van der Waals surface area contributed by atoms with Crippen molar-refractivity contribution in [3.8, 4) is 5.75 Å². The van der Waals surface area contributed by atoms with Crippen molar-refractivity contribution in [2.75, 3.05) is 5.43 Å². The van der Waals surface area contributed by atoms with Gasteiger partial charge in [0.2, 0.25) is 5.75 Å². The van der Waals surface area contributed by atoms with Crippen LogP contribution in [-0.4, -0.2) is 32.6 Å². The fourth-order valence-corrected chi connectivity index (χ4v) is 1.58. The van der Waals surface area contributed by atoms with Gasteiger partial charge in [-0.15, -0.1) is 0 Å². The molecule has 22 heavy (non-hydrogen) atoms. The zero-order chi connectivity index (χ0) is 17.0. The number of non-ortho nitro benzene ring substituents is 1. The van der Waals surface area contributed by atoms with Crippen LogP contribution in [0.3, 0.4) is 0 Å². The van der Waals surface area contributed by atoms with Crippen molar-refractivity contribution in [2.24, 2.45) is 0 Å². The van der Waals surface area contributed by atoms with E-state index in [0.29, 0.717) is 6.07 Å². The summed E-state index contributed by atoms with van der Waals surface area (Å²) in [7, 11) is 0. The molecule has 0 atom stereocenters. The molecular weight excluding hydrogens is 300 g/mol. The van der Waals surface area contributed by atoms with E-state index in [9.17, 15) is 34.9 Å². The first kappa shape index (κ1) is 17.0. The molecule has 3 N–H and O–H groups in total. The van der Waals surface area contributed by atoms with Crippen LogP contribution < -0.4 is 10.9 Å². The van der Waals surface area contributed by atoms with Crippen LogP contribution >= 0.6 is 0 Å². The lowest BCUT2D eigenvalue weighted by Gasteiger charge is -2.15. The summed E-state index contributed by atoms with van der Waals surface area (Å²) >= 11 is 0. The van der Waals surface area contributed by atoms with Gasteiger partial charge in [0.05, 0.1) is 15.9 Å². The number of aromatic hydroxyl groups is 1. The Morgan fingerprint density at radius 3 is 2.09 bits per heavy atom. The van der Waals surface area contributed by atoms with Crippen molar-refractivity contribution in [1.82, 2.24) is 5.43 Å². The Balaban J connectivity index is 3.18. The molecule has 1 aromatic carbocycles. The third-order valence-corrected chi connectivity index (χ3v) is 2.65. The monoisotopic (exact) mass is 312 g/mol. The Bertz CT molecular complexity index is 644. The number of nitro benzene ring substituents is 2. The summed E-state index contributed by atoms with van der Waals surface area (Å²) in [5.41, 5.74) is 2.53. The fraction of sp³-hybridized carbons (Fsp3) is 0.273. The number of hydrogen-bond acceptors (Lipinski definition) is 9. The van der Waals surface area contributed by atoms with Gasteiger partial charge in [-0.2, -0.15) is 0 Å². The van der Waals surface area contributed by atoms with Crippen molar-refractivity contribution in [2.45, 2.75) is 19.9 Å². The van der Waals surface area contributed by atoms with Gasteiger partial charge in [0.1, 0.15) is 11.7 Å². The van der Waals surface area contributed by atoms with E-state index in [2.05, 4.69) is 10.9 Å². The number of nitrogens with zero attached hydrogens (tertiary/aromatic N) is 2. The molecule has 0 radical (unpaired) electrons. The maximum Gasteiger partial charge on any atom is 0.319 e. The Hall–Kier alpha value is -3.08. The molecule has 0 aromatic heterocycles. The van der Waals surface area contributed by atoms with E-state index in [4.69, 9.17) is 0 Å². The number of carbonyl (C=O) groups is 2. The van der Waals surface area contributed by atoms with Crippen molar-refractivity contribution in [3.63, 3.8) is 0 Å². The van der Waals surface area contributed by atoms with E-state index in [1.165, 1.54) is 0 Å². The summed E-state index contributed by atoms with van der Waals surface area (Å²) in [4.78, 5) is 42.1. The Labute approximate surface area is 123 Å². The number of nitro groups is 2. The lowest BCUT2D eigenvalue weighted by molar-refractivity contribution is -0.394. The van der Waals surface area contributed by atoms with Gasteiger partial charge in [-0.25, -0.2) is 5.43 Å².